The number of nitrogens with one attached hydrogen (secondary N) is 1. The second-order valence-corrected chi connectivity index (χ2v) is 9.10. The first-order valence-corrected chi connectivity index (χ1v) is 10.3. The van der Waals surface area contributed by atoms with Gasteiger partial charge in [-0.3, -0.25) is 9.59 Å². The third-order valence-corrected chi connectivity index (χ3v) is 6.58. The molecule has 8 heteroatoms. The van der Waals surface area contributed by atoms with E-state index in [4.69, 9.17) is 4.74 Å². The number of nitrogens with zero attached hydrogens (tertiary/aromatic N) is 1. The fourth-order valence-electron chi connectivity index (χ4n) is 3.04. The molecule has 0 radical (unpaired) electrons. The summed E-state index contributed by atoms with van der Waals surface area (Å²) in [6, 6.07) is 13.3. The molecule has 148 valence electrons. The van der Waals surface area contributed by atoms with Crippen LogP contribution >= 0.6 is 0 Å². The van der Waals surface area contributed by atoms with E-state index in [1.807, 2.05) is 24.3 Å². The van der Waals surface area contributed by atoms with Crippen LogP contribution in [0.3, 0.4) is 0 Å². The third kappa shape index (κ3) is 3.87. The highest BCUT2D eigenvalue weighted by Crippen LogP contribution is 2.35. The van der Waals surface area contributed by atoms with Gasteiger partial charge in [-0.1, -0.05) is 12.1 Å². The topological polar surface area (TPSA) is 92.8 Å². The molecule has 7 nitrogen and oxygen atoms in total. The number of benzene rings is 2. The van der Waals surface area contributed by atoms with E-state index in [-0.39, 0.29) is 17.3 Å². The van der Waals surface area contributed by atoms with Crippen molar-refractivity contribution in [3.8, 4) is 5.75 Å². The quantitative estimate of drug-likeness (QED) is 0.829. The average Bonchev–Trinajstić information content (AvgIpc) is 2.82. The van der Waals surface area contributed by atoms with Crippen LogP contribution in [-0.2, 0) is 21.4 Å². The first-order valence-electron chi connectivity index (χ1n) is 8.73. The molecule has 0 unspecified atom stereocenters. The molecule has 0 spiro atoms. The summed E-state index contributed by atoms with van der Waals surface area (Å²) in [5, 5.41) is 2.80. The summed E-state index contributed by atoms with van der Waals surface area (Å²) in [5.74, 6) is -0.258. The summed E-state index contributed by atoms with van der Waals surface area (Å²) in [6.07, 6.45) is 0. The monoisotopic (exact) mass is 402 g/mol. The molecule has 0 saturated carbocycles. The van der Waals surface area contributed by atoms with Gasteiger partial charge in [0, 0.05) is 12.1 Å². The van der Waals surface area contributed by atoms with Crippen LogP contribution in [0.4, 0.5) is 5.69 Å². The fraction of sp³-hybridized carbons (Fsp3) is 0.300. The molecule has 3 rings (SSSR count). The lowest BCUT2D eigenvalue weighted by molar-refractivity contribution is -0.123. The maximum absolute atomic E-state index is 12.4. The Morgan fingerprint density at radius 1 is 1.11 bits per heavy atom. The standard InChI is InChI=1S/C20H22N2O5S/c1-20(2)13-28(25,26)22(19(20)24)16-8-6-15(7-9-16)18(23)21-12-14-4-10-17(27-3)11-5-14/h4-11H,12-13H2,1-3H3,(H,21,23). The second kappa shape index (κ2) is 7.27. The van der Waals surface area contributed by atoms with Crippen molar-refractivity contribution in [2.45, 2.75) is 20.4 Å². The summed E-state index contributed by atoms with van der Waals surface area (Å²) in [4.78, 5) is 24.8. The van der Waals surface area contributed by atoms with E-state index in [9.17, 15) is 18.0 Å². The molecule has 0 aliphatic carbocycles. The lowest BCUT2D eigenvalue weighted by atomic mass is 9.95. The Morgan fingerprint density at radius 2 is 1.71 bits per heavy atom. The molecule has 1 heterocycles. The number of carbonyl (C=O) groups excluding carboxylic acids is 2. The number of amides is 2. The highest BCUT2D eigenvalue weighted by molar-refractivity contribution is 7.94. The number of carbonyl (C=O) groups is 2. The first kappa shape index (κ1) is 19.9. The van der Waals surface area contributed by atoms with Gasteiger partial charge in [-0.25, -0.2) is 12.7 Å². The van der Waals surface area contributed by atoms with Crippen molar-refractivity contribution < 1.29 is 22.7 Å². The molecule has 0 atom stereocenters. The van der Waals surface area contributed by atoms with Crippen LogP contribution in [0, 0.1) is 5.41 Å². The van der Waals surface area contributed by atoms with Gasteiger partial charge in [0.15, 0.2) is 0 Å². The van der Waals surface area contributed by atoms with Crippen molar-refractivity contribution in [2.75, 3.05) is 17.2 Å². The molecule has 1 aliphatic rings. The molecule has 0 bridgehead atoms. The summed E-state index contributed by atoms with van der Waals surface area (Å²) in [5.41, 5.74) is 0.567. The molecule has 2 aromatic rings. The van der Waals surface area contributed by atoms with E-state index in [2.05, 4.69) is 5.32 Å². The number of anilines is 1. The zero-order valence-corrected chi connectivity index (χ0v) is 16.7. The van der Waals surface area contributed by atoms with Crippen molar-refractivity contribution in [1.82, 2.24) is 5.32 Å². The van der Waals surface area contributed by atoms with Gasteiger partial charge in [-0.05, 0) is 55.8 Å². The lowest BCUT2D eigenvalue weighted by Crippen LogP contribution is -2.33. The highest BCUT2D eigenvalue weighted by Gasteiger charge is 2.49. The van der Waals surface area contributed by atoms with Gasteiger partial charge < -0.3 is 10.1 Å². The Morgan fingerprint density at radius 3 is 2.21 bits per heavy atom. The zero-order valence-electron chi connectivity index (χ0n) is 15.9. The van der Waals surface area contributed by atoms with Crippen LogP contribution in [0.2, 0.25) is 0 Å². The van der Waals surface area contributed by atoms with E-state index < -0.39 is 21.3 Å². The van der Waals surface area contributed by atoms with Gasteiger partial charge >= 0.3 is 0 Å². The molecule has 2 amide bonds. The molecule has 1 N–H and O–H groups in total. The molecule has 1 aliphatic heterocycles. The molecular formula is C20H22N2O5S. The minimum absolute atomic E-state index is 0.233. The lowest BCUT2D eigenvalue weighted by Gasteiger charge is -2.17. The van der Waals surface area contributed by atoms with Crippen molar-refractivity contribution in [3.05, 3.63) is 59.7 Å². The van der Waals surface area contributed by atoms with Gasteiger partial charge in [0.2, 0.25) is 15.9 Å². The fourth-order valence-corrected chi connectivity index (χ4v) is 5.14. The van der Waals surface area contributed by atoms with Crippen LogP contribution < -0.4 is 14.4 Å². The van der Waals surface area contributed by atoms with Crippen LogP contribution in [0.1, 0.15) is 29.8 Å². The number of methoxy groups -OCH3 is 1. The highest BCUT2D eigenvalue weighted by atomic mass is 32.2. The summed E-state index contributed by atoms with van der Waals surface area (Å²) in [7, 11) is -2.12. The van der Waals surface area contributed by atoms with Gasteiger partial charge in [-0.15, -0.1) is 0 Å². The van der Waals surface area contributed by atoms with E-state index in [1.165, 1.54) is 24.3 Å². The largest absolute Gasteiger partial charge is 0.497 e. The Balaban J connectivity index is 1.70. The van der Waals surface area contributed by atoms with Gasteiger partial charge in [-0.2, -0.15) is 0 Å². The Hall–Kier alpha value is -2.87. The third-order valence-electron chi connectivity index (χ3n) is 4.56. The minimum Gasteiger partial charge on any atom is -0.497 e. The number of sulfonamides is 1. The van der Waals surface area contributed by atoms with Crippen molar-refractivity contribution in [2.24, 2.45) is 5.41 Å². The predicted octanol–water partition coefficient (Wildman–Crippen LogP) is 2.33. The minimum atomic E-state index is -3.71. The van der Waals surface area contributed by atoms with Gasteiger partial charge in [0.1, 0.15) is 5.75 Å². The number of rotatable bonds is 5. The first-order chi connectivity index (χ1) is 13.1. The maximum atomic E-state index is 12.4. The Kier molecular flexibility index (Phi) is 5.16. The number of ether oxygens (including phenoxy) is 1. The SMILES string of the molecule is COc1ccc(CNC(=O)c2ccc(N3C(=O)C(C)(C)CS3(=O)=O)cc2)cc1. The van der Waals surface area contributed by atoms with Crippen molar-refractivity contribution >= 4 is 27.5 Å². The number of hydrogen-bond acceptors (Lipinski definition) is 5. The summed E-state index contributed by atoms with van der Waals surface area (Å²) < 4.78 is 30.6. The molecule has 28 heavy (non-hydrogen) atoms. The van der Waals surface area contributed by atoms with E-state index in [0.717, 1.165) is 15.6 Å². The summed E-state index contributed by atoms with van der Waals surface area (Å²) >= 11 is 0. The van der Waals surface area contributed by atoms with Crippen LogP contribution in [0.25, 0.3) is 0 Å². The average molecular weight is 402 g/mol. The molecular weight excluding hydrogens is 380 g/mol. The second-order valence-electron chi connectivity index (χ2n) is 7.29. The summed E-state index contributed by atoms with van der Waals surface area (Å²) in [6.45, 7) is 3.56. The van der Waals surface area contributed by atoms with Crippen LogP contribution in [0.5, 0.6) is 5.75 Å². The predicted molar refractivity (Wildman–Crippen MR) is 106 cm³/mol. The Bertz CT molecular complexity index is 996. The van der Waals surface area contributed by atoms with Crippen LogP contribution in [0.15, 0.2) is 48.5 Å². The molecule has 0 aromatic heterocycles. The van der Waals surface area contributed by atoms with E-state index in [1.54, 1.807) is 21.0 Å². The van der Waals surface area contributed by atoms with Gasteiger partial charge in [0.05, 0.1) is 24.0 Å². The van der Waals surface area contributed by atoms with Gasteiger partial charge in [0.25, 0.3) is 5.91 Å². The van der Waals surface area contributed by atoms with Crippen molar-refractivity contribution in [3.63, 3.8) is 0 Å². The molecule has 1 saturated heterocycles. The Labute approximate surface area is 164 Å². The van der Waals surface area contributed by atoms with E-state index >= 15 is 0 Å². The van der Waals surface area contributed by atoms with Crippen LogP contribution in [-0.4, -0.2) is 33.1 Å². The molecule has 1 fully saturated rings. The number of hydrogen-bond donors (Lipinski definition) is 1. The molecule has 2 aromatic carbocycles. The van der Waals surface area contributed by atoms with Crippen molar-refractivity contribution in [1.29, 1.82) is 0 Å². The smallest absolute Gasteiger partial charge is 0.251 e. The zero-order chi connectivity index (χ0) is 20.5. The van der Waals surface area contributed by atoms with E-state index in [0.29, 0.717) is 12.1 Å². The normalized spacial score (nSPS) is 17.4. The maximum Gasteiger partial charge on any atom is 0.251 e.